The Morgan fingerprint density at radius 3 is 2.68 bits per heavy atom. The lowest BCUT2D eigenvalue weighted by Crippen LogP contribution is -2.03. The second kappa shape index (κ2) is 5.42. The molecule has 2 aromatic rings. The molecule has 0 saturated carbocycles. The molecule has 0 unspecified atom stereocenters. The van der Waals surface area contributed by atoms with Crippen molar-refractivity contribution in [3.63, 3.8) is 0 Å². The van der Waals surface area contributed by atoms with Crippen LogP contribution in [-0.4, -0.2) is 11.8 Å². The summed E-state index contributed by atoms with van der Waals surface area (Å²) in [5.74, 6) is 0.609. The lowest BCUT2D eigenvalue weighted by molar-refractivity contribution is -0.131. The standard InChI is InChI=1S/C17H14O4S/c1-9-6-7-22-15(9)8-14-16(19)12-4-5-13(20-11(3)18)10(2)17(12)21-14/h4-8H,1-3H3/b14-8-. The molecule has 112 valence electrons. The molecule has 22 heavy (non-hydrogen) atoms. The van der Waals surface area contributed by atoms with Crippen LogP contribution in [0.2, 0.25) is 0 Å². The van der Waals surface area contributed by atoms with Crippen LogP contribution in [-0.2, 0) is 4.79 Å². The van der Waals surface area contributed by atoms with Gasteiger partial charge in [-0.2, -0.15) is 0 Å². The number of benzene rings is 1. The Balaban J connectivity index is 2.00. The zero-order valence-corrected chi connectivity index (χ0v) is 13.2. The Hall–Kier alpha value is -2.40. The first kappa shape index (κ1) is 14.5. The van der Waals surface area contributed by atoms with E-state index in [0.717, 1.165) is 10.4 Å². The molecule has 1 aromatic carbocycles. The van der Waals surface area contributed by atoms with Crippen LogP contribution in [0.15, 0.2) is 29.3 Å². The monoisotopic (exact) mass is 314 g/mol. The molecule has 0 N–H and O–H groups in total. The van der Waals surface area contributed by atoms with Gasteiger partial charge in [-0.25, -0.2) is 0 Å². The quantitative estimate of drug-likeness (QED) is 0.479. The Labute approximate surface area is 132 Å². The van der Waals surface area contributed by atoms with Crippen LogP contribution in [0.5, 0.6) is 11.5 Å². The van der Waals surface area contributed by atoms with Crippen molar-refractivity contribution in [1.82, 2.24) is 0 Å². The van der Waals surface area contributed by atoms with Gasteiger partial charge in [0.15, 0.2) is 5.76 Å². The number of hydrogen-bond acceptors (Lipinski definition) is 5. The smallest absolute Gasteiger partial charge is 0.308 e. The van der Waals surface area contributed by atoms with Gasteiger partial charge in [-0.15, -0.1) is 11.3 Å². The molecule has 0 atom stereocenters. The zero-order valence-electron chi connectivity index (χ0n) is 12.4. The number of allylic oxidation sites excluding steroid dienone is 1. The van der Waals surface area contributed by atoms with Gasteiger partial charge >= 0.3 is 5.97 Å². The summed E-state index contributed by atoms with van der Waals surface area (Å²) in [6.07, 6.45) is 1.76. The highest BCUT2D eigenvalue weighted by molar-refractivity contribution is 7.11. The molecule has 0 bridgehead atoms. The molecular weight excluding hydrogens is 300 g/mol. The van der Waals surface area contributed by atoms with E-state index in [0.29, 0.717) is 28.4 Å². The predicted octanol–water partition coefficient (Wildman–Crippen LogP) is 3.91. The minimum absolute atomic E-state index is 0.153. The Kier molecular flexibility index (Phi) is 3.58. The van der Waals surface area contributed by atoms with Gasteiger partial charge < -0.3 is 9.47 Å². The second-order valence-electron chi connectivity index (χ2n) is 5.07. The van der Waals surface area contributed by atoms with Gasteiger partial charge in [-0.3, -0.25) is 9.59 Å². The third-order valence-electron chi connectivity index (χ3n) is 3.45. The Morgan fingerprint density at radius 1 is 1.27 bits per heavy atom. The number of ether oxygens (including phenoxy) is 2. The fourth-order valence-corrected chi connectivity index (χ4v) is 3.13. The molecule has 0 amide bonds. The number of fused-ring (bicyclic) bond motifs is 1. The average molecular weight is 314 g/mol. The number of ketones is 1. The van der Waals surface area contributed by atoms with E-state index in [9.17, 15) is 9.59 Å². The molecule has 5 heteroatoms. The number of Topliss-reactive ketones (excluding diaryl/α,β-unsaturated/α-hetero) is 1. The first-order valence-electron chi connectivity index (χ1n) is 6.77. The highest BCUT2D eigenvalue weighted by Crippen LogP contribution is 2.39. The van der Waals surface area contributed by atoms with Crippen molar-refractivity contribution in [2.45, 2.75) is 20.8 Å². The number of thiophene rings is 1. The van der Waals surface area contributed by atoms with E-state index in [1.807, 2.05) is 18.4 Å². The van der Waals surface area contributed by atoms with Gasteiger partial charge in [-0.1, -0.05) is 0 Å². The number of aryl methyl sites for hydroxylation is 1. The maximum Gasteiger partial charge on any atom is 0.308 e. The average Bonchev–Trinajstić information content (AvgIpc) is 3.00. The summed E-state index contributed by atoms with van der Waals surface area (Å²) in [6, 6.07) is 5.24. The molecule has 0 saturated heterocycles. The maximum atomic E-state index is 12.4. The van der Waals surface area contributed by atoms with Gasteiger partial charge in [0, 0.05) is 23.4 Å². The van der Waals surface area contributed by atoms with Crippen LogP contribution in [0.1, 0.15) is 33.3 Å². The summed E-state index contributed by atoms with van der Waals surface area (Å²) in [7, 11) is 0. The summed E-state index contributed by atoms with van der Waals surface area (Å²) in [5, 5.41) is 1.97. The van der Waals surface area contributed by atoms with Gasteiger partial charge in [0.1, 0.15) is 11.5 Å². The van der Waals surface area contributed by atoms with Gasteiger partial charge in [-0.05, 0) is 43.0 Å². The van der Waals surface area contributed by atoms with Crippen molar-refractivity contribution in [3.05, 3.63) is 50.9 Å². The van der Waals surface area contributed by atoms with Gasteiger partial charge in [0.05, 0.1) is 5.56 Å². The third-order valence-corrected chi connectivity index (χ3v) is 4.42. The molecular formula is C17H14O4S. The van der Waals surface area contributed by atoms with E-state index >= 15 is 0 Å². The van der Waals surface area contributed by atoms with Crippen molar-refractivity contribution < 1.29 is 19.1 Å². The Morgan fingerprint density at radius 2 is 2.05 bits per heavy atom. The van der Waals surface area contributed by atoms with Crippen LogP contribution in [0.4, 0.5) is 0 Å². The first-order chi connectivity index (χ1) is 10.5. The lowest BCUT2D eigenvalue weighted by Gasteiger charge is -2.08. The highest BCUT2D eigenvalue weighted by Gasteiger charge is 2.30. The number of rotatable bonds is 2. The Bertz CT molecular complexity index is 814. The summed E-state index contributed by atoms with van der Waals surface area (Å²) in [6.45, 7) is 5.09. The number of esters is 1. The third kappa shape index (κ3) is 2.44. The SMILES string of the molecule is CC(=O)Oc1ccc2c(c1C)O/C(=C\c1sccc1C)C2=O. The zero-order chi connectivity index (χ0) is 15.9. The van der Waals surface area contributed by atoms with Crippen LogP contribution in [0, 0.1) is 13.8 Å². The van der Waals surface area contributed by atoms with Crippen molar-refractivity contribution in [2.24, 2.45) is 0 Å². The minimum Gasteiger partial charge on any atom is -0.452 e. The van der Waals surface area contributed by atoms with E-state index in [4.69, 9.17) is 9.47 Å². The maximum absolute atomic E-state index is 12.4. The van der Waals surface area contributed by atoms with Crippen molar-refractivity contribution in [1.29, 1.82) is 0 Å². The van der Waals surface area contributed by atoms with E-state index < -0.39 is 5.97 Å². The van der Waals surface area contributed by atoms with E-state index in [1.54, 1.807) is 36.5 Å². The summed E-state index contributed by atoms with van der Waals surface area (Å²) in [4.78, 5) is 24.5. The van der Waals surface area contributed by atoms with E-state index in [1.165, 1.54) is 6.92 Å². The largest absolute Gasteiger partial charge is 0.452 e. The molecule has 1 aliphatic rings. The molecule has 0 fully saturated rings. The topological polar surface area (TPSA) is 52.6 Å². The van der Waals surface area contributed by atoms with Crippen LogP contribution >= 0.6 is 11.3 Å². The summed E-state index contributed by atoms with van der Waals surface area (Å²) in [5.41, 5.74) is 2.24. The molecule has 2 heterocycles. The lowest BCUT2D eigenvalue weighted by atomic mass is 10.1. The molecule has 3 rings (SSSR count). The highest BCUT2D eigenvalue weighted by atomic mass is 32.1. The van der Waals surface area contributed by atoms with Crippen LogP contribution < -0.4 is 9.47 Å². The molecule has 0 spiro atoms. The van der Waals surface area contributed by atoms with E-state index in [-0.39, 0.29) is 5.78 Å². The molecule has 0 aliphatic carbocycles. The van der Waals surface area contributed by atoms with Gasteiger partial charge in [0.25, 0.3) is 0 Å². The first-order valence-corrected chi connectivity index (χ1v) is 7.65. The molecule has 0 radical (unpaired) electrons. The second-order valence-corrected chi connectivity index (χ2v) is 6.01. The molecule has 1 aliphatic heterocycles. The van der Waals surface area contributed by atoms with Crippen molar-refractivity contribution in [2.75, 3.05) is 0 Å². The van der Waals surface area contributed by atoms with Crippen molar-refractivity contribution in [3.8, 4) is 11.5 Å². The summed E-state index contributed by atoms with van der Waals surface area (Å²) < 4.78 is 10.8. The summed E-state index contributed by atoms with van der Waals surface area (Å²) >= 11 is 1.55. The number of carbonyl (C=O) groups is 2. The van der Waals surface area contributed by atoms with Gasteiger partial charge in [0.2, 0.25) is 5.78 Å². The molecule has 4 nitrogen and oxygen atoms in total. The van der Waals surface area contributed by atoms with E-state index in [2.05, 4.69) is 0 Å². The fourth-order valence-electron chi connectivity index (χ4n) is 2.28. The number of carbonyl (C=O) groups excluding carboxylic acids is 2. The normalized spacial score (nSPS) is 14.9. The van der Waals surface area contributed by atoms with Crippen molar-refractivity contribution >= 4 is 29.2 Å². The van der Waals surface area contributed by atoms with Crippen LogP contribution in [0.3, 0.4) is 0 Å². The number of hydrogen-bond donors (Lipinski definition) is 0. The fraction of sp³-hybridized carbons (Fsp3) is 0.176. The minimum atomic E-state index is -0.405. The predicted molar refractivity (Wildman–Crippen MR) is 84.5 cm³/mol. The molecule has 1 aromatic heterocycles. The van der Waals surface area contributed by atoms with Crippen LogP contribution in [0.25, 0.3) is 6.08 Å².